The topological polar surface area (TPSA) is 38.1 Å². The molecule has 24 heavy (non-hydrogen) atoms. The van der Waals surface area contributed by atoms with Crippen molar-refractivity contribution in [1.29, 1.82) is 0 Å². The van der Waals surface area contributed by atoms with Gasteiger partial charge in [0.1, 0.15) is 0 Å². The number of aryl methyl sites for hydroxylation is 2. The van der Waals surface area contributed by atoms with Gasteiger partial charge in [-0.25, -0.2) is 0 Å². The zero-order chi connectivity index (χ0) is 17.3. The molecule has 1 aromatic carbocycles. The van der Waals surface area contributed by atoms with Gasteiger partial charge in [0.2, 0.25) is 5.91 Å². The summed E-state index contributed by atoms with van der Waals surface area (Å²) in [5, 5.41) is 5.17. The van der Waals surface area contributed by atoms with Crippen molar-refractivity contribution in [3.63, 3.8) is 0 Å². The van der Waals surface area contributed by atoms with Gasteiger partial charge in [0.05, 0.1) is 11.7 Å². The third-order valence-corrected chi connectivity index (χ3v) is 5.33. The standard InChI is InChI=1S/C19H24ClN3O/c1-13-17(14(2)22(3)21-13)10-11-19(24)23-12-4-5-18(23)15-6-8-16(20)9-7-15/h6-9,18H,4-5,10-12H2,1-3H3/t18-/m1/s1. The van der Waals surface area contributed by atoms with Crippen LogP contribution in [0.15, 0.2) is 24.3 Å². The van der Waals surface area contributed by atoms with Crippen molar-refractivity contribution < 1.29 is 4.79 Å². The van der Waals surface area contributed by atoms with E-state index in [-0.39, 0.29) is 11.9 Å². The number of hydrogen-bond acceptors (Lipinski definition) is 2. The minimum Gasteiger partial charge on any atom is -0.336 e. The summed E-state index contributed by atoms with van der Waals surface area (Å²) < 4.78 is 1.89. The molecule has 0 aliphatic carbocycles. The first-order valence-electron chi connectivity index (χ1n) is 8.51. The van der Waals surface area contributed by atoms with Gasteiger partial charge in [-0.1, -0.05) is 23.7 Å². The zero-order valence-corrected chi connectivity index (χ0v) is 15.3. The van der Waals surface area contributed by atoms with Crippen LogP contribution in [0.25, 0.3) is 0 Å². The first-order chi connectivity index (χ1) is 11.5. The van der Waals surface area contributed by atoms with Crippen LogP contribution in [0, 0.1) is 13.8 Å². The van der Waals surface area contributed by atoms with E-state index in [1.54, 1.807) is 0 Å². The van der Waals surface area contributed by atoms with E-state index in [0.29, 0.717) is 6.42 Å². The average molecular weight is 346 g/mol. The lowest BCUT2D eigenvalue weighted by atomic mass is 10.0. The van der Waals surface area contributed by atoms with Crippen LogP contribution < -0.4 is 0 Å². The molecule has 1 aromatic heterocycles. The number of likely N-dealkylation sites (tertiary alicyclic amines) is 1. The monoisotopic (exact) mass is 345 g/mol. The molecular weight excluding hydrogens is 322 g/mol. The Bertz CT molecular complexity index is 736. The first kappa shape index (κ1) is 17.0. The summed E-state index contributed by atoms with van der Waals surface area (Å²) in [6.07, 6.45) is 3.38. The van der Waals surface area contributed by atoms with Crippen LogP contribution in [0.4, 0.5) is 0 Å². The number of carbonyl (C=O) groups is 1. The van der Waals surface area contributed by atoms with Crippen molar-refractivity contribution in [3.8, 4) is 0 Å². The highest BCUT2D eigenvalue weighted by atomic mass is 35.5. The summed E-state index contributed by atoms with van der Waals surface area (Å²) in [7, 11) is 1.95. The molecule has 1 saturated heterocycles. The van der Waals surface area contributed by atoms with E-state index in [0.717, 1.165) is 42.2 Å². The third-order valence-electron chi connectivity index (χ3n) is 5.08. The second-order valence-electron chi connectivity index (χ2n) is 6.57. The lowest BCUT2D eigenvalue weighted by Gasteiger charge is -2.25. The number of hydrogen-bond donors (Lipinski definition) is 0. The molecule has 3 rings (SSSR count). The van der Waals surface area contributed by atoms with Gasteiger partial charge in [-0.05, 0) is 56.4 Å². The summed E-state index contributed by atoms with van der Waals surface area (Å²) in [6.45, 7) is 4.92. The van der Waals surface area contributed by atoms with Crippen molar-refractivity contribution in [2.45, 2.75) is 45.6 Å². The van der Waals surface area contributed by atoms with Gasteiger partial charge >= 0.3 is 0 Å². The van der Waals surface area contributed by atoms with E-state index >= 15 is 0 Å². The lowest BCUT2D eigenvalue weighted by Crippen LogP contribution is -2.30. The maximum atomic E-state index is 12.8. The number of rotatable bonds is 4. The quantitative estimate of drug-likeness (QED) is 0.840. The summed E-state index contributed by atoms with van der Waals surface area (Å²) in [6, 6.07) is 8.06. The van der Waals surface area contributed by atoms with E-state index in [1.807, 2.05) is 47.8 Å². The normalized spacial score (nSPS) is 17.5. The van der Waals surface area contributed by atoms with Gasteiger partial charge in [0.15, 0.2) is 0 Å². The van der Waals surface area contributed by atoms with Crippen LogP contribution in [0.5, 0.6) is 0 Å². The number of amides is 1. The maximum absolute atomic E-state index is 12.8. The second kappa shape index (κ2) is 6.98. The lowest BCUT2D eigenvalue weighted by molar-refractivity contribution is -0.132. The summed E-state index contributed by atoms with van der Waals surface area (Å²) in [5.41, 5.74) is 4.56. The van der Waals surface area contributed by atoms with Gasteiger partial charge in [-0.2, -0.15) is 5.10 Å². The van der Waals surface area contributed by atoms with Crippen LogP contribution >= 0.6 is 11.6 Å². The number of carbonyl (C=O) groups excluding carboxylic acids is 1. The van der Waals surface area contributed by atoms with Crippen LogP contribution in [-0.2, 0) is 18.3 Å². The third kappa shape index (κ3) is 3.34. The number of nitrogens with zero attached hydrogens (tertiary/aromatic N) is 3. The summed E-state index contributed by atoms with van der Waals surface area (Å²) in [4.78, 5) is 14.8. The molecular formula is C19H24ClN3O. The molecule has 1 amide bonds. The van der Waals surface area contributed by atoms with Gasteiger partial charge in [-0.3, -0.25) is 9.48 Å². The highest BCUT2D eigenvalue weighted by Gasteiger charge is 2.29. The Morgan fingerprint density at radius 3 is 2.62 bits per heavy atom. The van der Waals surface area contributed by atoms with Gasteiger partial charge < -0.3 is 4.90 Å². The van der Waals surface area contributed by atoms with Crippen molar-refractivity contribution >= 4 is 17.5 Å². The molecule has 1 aliphatic rings. The van der Waals surface area contributed by atoms with Crippen LogP contribution in [0.2, 0.25) is 5.02 Å². The van der Waals surface area contributed by atoms with Gasteiger partial charge in [0, 0.05) is 30.7 Å². The second-order valence-corrected chi connectivity index (χ2v) is 7.01. The molecule has 1 atom stereocenters. The smallest absolute Gasteiger partial charge is 0.223 e. The number of aromatic nitrogens is 2. The predicted octanol–water partition coefficient (Wildman–Crippen LogP) is 3.99. The van der Waals surface area contributed by atoms with Crippen LogP contribution in [0.1, 0.15) is 47.8 Å². The fourth-order valence-corrected chi connectivity index (χ4v) is 3.78. The molecule has 2 aromatic rings. The SMILES string of the molecule is Cc1nn(C)c(C)c1CCC(=O)N1CCC[C@@H]1c1ccc(Cl)cc1. The molecule has 0 N–H and O–H groups in total. The van der Waals surface area contributed by atoms with E-state index < -0.39 is 0 Å². The average Bonchev–Trinajstić information content (AvgIpc) is 3.13. The molecule has 0 saturated carbocycles. The largest absolute Gasteiger partial charge is 0.336 e. The molecule has 128 valence electrons. The number of halogens is 1. The Morgan fingerprint density at radius 1 is 1.29 bits per heavy atom. The number of benzene rings is 1. The van der Waals surface area contributed by atoms with Crippen molar-refractivity contribution in [2.75, 3.05) is 6.54 Å². The molecule has 0 unspecified atom stereocenters. The Balaban J connectivity index is 1.68. The van der Waals surface area contributed by atoms with E-state index in [1.165, 1.54) is 11.1 Å². The molecule has 5 heteroatoms. The minimum atomic E-state index is 0.186. The summed E-state index contributed by atoms with van der Waals surface area (Å²) in [5.74, 6) is 0.232. The van der Waals surface area contributed by atoms with Gasteiger partial charge in [-0.15, -0.1) is 0 Å². The highest BCUT2D eigenvalue weighted by Crippen LogP contribution is 2.33. The van der Waals surface area contributed by atoms with E-state index in [2.05, 4.69) is 12.0 Å². The fourth-order valence-electron chi connectivity index (χ4n) is 3.65. The van der Waals surface area contributed by atoms with Crippen LogP contribution in [0.3, 0.4) is 0 Å². The molecule has 4 nitrogen and oxygen atoms in total. The molecule has 2 heterocycles. The minimum absolute atomic E-state index is 0.186. The van der Waals surface area contributed by atoms with Crippen molar-refractivity contribution in [1.82, 2.24) is 14.7 Å². The first-order valence-corrected chi connectivity index (χ1v) is 8.89. The highest BCUT2D eigenvalue weighted by molar-refractivity contribution is 6.30. The van der Waals surface area contributed by atoms with Crippen LogP contribution in [-0.4, -0.2) is 27.1 Å². The molecule has 0 radical (unpaired) electrons. The van der Waals surface area contributed by atoms with E-state index in [4.69, 9.17) is 11.6 Å². The van der Waals surface area contributed by atoms with Gasteiger partial charge in [0.25, 0.3) is 0 Å². The summed E-state index contributed by atoms with van der Waals surface area (Å²) >= 11 is 5.98. The Kier molecular flexibility index (Phi) is 4.95. The van der Waals surface area contributed by atoms with Crippen molar-refractivity contribution in [2.24, 2.45) is 7.05 Å². The Morgan fingerprint density at radius 2 is 2.00 bits per heavy atom. The Labute approximate surface area is 148 Å². The fraction of sp³-hybridized carbons (Fsp3) is 0.474. The molecule has 0 spiro atoms. The maximum Gasteiger partial charge on any atom is 0.223 e. The molecule has 1 aliphatic heterocycles. The van der Waals surface area contributed by atoms with Crippen molar-refractivity contribution in [3.05, 3.63) is 51.8 Å². The molecule has 1 fully saturated rings. The Hall–Kier alpha value is -1.81. The molecule has 0 bridgehead atoms. The van der Waals surface area contributed by atoms with E-state index in [9.17, 15) is 4.79 Å². The zero-order valence-electron chi connectivity index (χ0n) is 14.6. The predicted molar refractivity (Wildman–Crippen MR) is 96.1 cm³/mol.